The van der Waals surface area contributed by atoms with Gasteiger partial charge in [-0.25, -0.2) is 0 Å². The molecule has 1 fully saturated rings. The molecule has 1 aliphatic heterocycles. The van der Waals surface area contributed by atoms with E-state index in [4.69, 9.17) is 9.47 Å². The number of nitrogens with one attached hydrogen (secondary N) is 1. The number of nitrogens with zero attached hydrogens (tertiary/aromatic N) is 1. The van der Waals surface area contributed by atoms with Crippen LogP contribution in [0.3, 0.4) is 0 Å². The van der Waals surface area contributed by atoms with Crippen molar-refractivity contribution in [3.05, 3.63) is 23.8 Å². The predicted molar refractivity (Wildman–Crippen MR) is 75.0 cm³/mol. The van der Waals surface area contributed by atoms with Gasteiger partial charge in [0.05, 0.1) is 6.04 Å². The van der Waals surface area contributed by atoms with Crippen molar-refractivity contribution >= 4 is 5.91 Å². The zero-order valence-electron chi connectivity index (χ0n) is 11.9. The first kappa shape index (κ1) is 13.2. The quantitative estimate of drug-likeness (QED) is 0.881. The van der Waals surface area contributed by atoms with Gasteiger partial charge in [0.1, 0.15) is 18.1 Å². The van der Waals surface area contributed by atoms with Crippen LogP contribution in [0.25, 0.3) is 0 Å². The van der Waals surface area contributed by atoms with E-state index in [1.165, 1.54) is 0 Å². The molecule has 3 rings (SSSR count). The van der Waals surface area contributed by atoms with Crippen LogP contribution in [0.4, 0.5) is 0 Å². The van der Waals surface area contributed by atoms with Crippen molar-refractivity contribution in [2.45, 2.75) is 24.9 Å². The van der Waals surface area contributed by atoms with E-state index in [2.05, 4.69) is 5.32 Å². The molecule has 5 heteroatoms. The molecule has 0 radical (unpaired) electrons. The smallest absolute Gasteiger partial charge is 0.260 e. The van der Waals surface area contributed by atoms with Gasteiger partial charge in [0, 0.05) is 24.7 Å². The van der Waals surface area contributed by atoms with Gasteiger partial charge in [-0.1, -0.05) is 0 Å². The highest BCUT2D eigenvalue weighted by Crippen LogP contribution is 2.35. The second-order valence-corrected chi connectivity index (χ2v) is 5.38. The molecule has 1 aliphatic carbocycles. The molecule has 1 aromatic rings. The van der Waals surface area contributed by atoms with E-state index in [1.807, 2.05) is 32.3 Å². The molecule has 0 spiro atoms. The lowest BCUT2D eigenvalue weighted by atomic mass is 10.1. The summed E-state index contributed by atoms with van der Waals surface area (Å²) in [5.41, 5.74) is 1.14. The zero-order valence-corrected chi connectivity index (χ0v) is 11.9. The van der Waals surface area contributed by atoms with Crippen molar-refractivity contribution in [2.75, 3.05) is 27.3 Å². The SMILES string of the molecule is CNC1COc2cc(OCC(=O)N(C)C3CC3)ccc21. The van der Waals surface area contributed by atoms with Crippen molar-refractivity contribution in [3.8, 4) is 11.5 Å². The first-order valence-electron chi connectivity index (χ1n) is 7.01. The van der Waals surface area contributed by atoms with Crippen molar-refractivity contribution in [2.24, 2.45) is 0 Å². The predicted octanol–water partition coefficient (Wildman–Crippen LogP) is 1.34. The minimum absolute atomic E-state index is 0.0296. The molecule has 1 aromatic carbocycles. The number of ether oxygens (including phenoxy) is 2. The van der Waals surface area contributed by atoms with Gasteiger partial charge in [-0.15, -0.1) is 0 Å². The van der Waals surface area contributed by atoms with Crippen LogP contribution in [-0.4, -0.2) is 44.2 Å². The average molecular weight is 276 g/mol. The summed E-state index contributed by atoms with van der Waals surface area (Å²) in [4.78, 5) is 13.7. The Morgan fingerprint density at radius 2 is 2.30 bits per heavy atom. The molecule has 1 heterocycles. The van der Waals surface area contributed by atoms with Crippen LogP contribution in [0.5, 0.6) is 11.5 Å². The molecule has 20 heavy (non-hydrogen) atoms. The summed E-state index contributed by atoms with van der Waals surface area (Å²) < 4.78 is 11.2. The molecular weight excluding hydrogens is 256 g/mol. The van der Waals surface area contributed by atoms with E-state index in [1.54, 1.807) is 4.90 Å². The monoisotopic (exact) mass is 276 g/mol. The van der Waals surface area contributed by atoms with E-state index in [-0.39, 0.29) is 18.6 Å². The Balaban J connectivity index is 1.60. The fraction of sp³-hybridized carbons (Fsp3) is 0.533. The number of carbonyl (C=O) groups is 1. The number of rotatable bonds is 5. The van der Waals surface area contributed by atoms with Crippen LogP contribution in [0.1, 0.15) is 24.4 Å². The number of hydrogen-bond donors (Lipinski definition) is 1. The minimum atomic E-state index is 0.0296. The second-order valence-electron chi connectivity index (χ2n) is 5.38. The third-order valence-corrected chi connectivity index (χ3v) is 3.96. The number of carbonyl (C=O) groups excluding carboxylic acids is 1. The van der Waals surface area contributed by atoms with E-state index >= 15 is 0 Å². The molecule has 0 aromatic heterocycles. The Labute approximate surface area is 118 Å². The molecule has 1 N–H and O–H groups in total. The maximum atomic E-state index is 11.9. The van der Waals surface area contributed by atoms with Crippen LogP contribution in [-0.2, 0) is 4.79 Å². The van der Waals surface area contributed by atoms with Gasteiger partial charge in [-0.3, -0.25) is 4.79 Å². The molecule has 1 amide bonds. The van der Waals surface area contributed by atoms with Crippen LogP contribution in [0.15, 0.2) is 18.2 Å². The third kappa shape index (κ3) is 2.58. The summed E-state index contributed by atoms with van der Waals surface area (Å²) in [5, 5.41) is 3.20. The molecule has 1 atom stereocenters. The molecule has 1 saturated carbocycles. The lowest BCUT2D eigenvalue weighted by molar-refractivity contribution is -0.132. The minimum Gasteiger partial charge on any atom is -0.491 e. The van der Waals surface area contributed by atoms with Crippen molar-refractivity contribution in [1.29, 1.82) is 0 Å². The van der Waals surface area contributed by atoms with Crippen molar-refractivity contribution in [1.82, 2.24) is 10.2 Å². The summed E-state index contributed by atoms with van der Waals surface area (Å²) in [6, 6.07) is 6.40. The fourth-order valence-corrected chi connectivity index (χ4v) is 2.43. The molecule has 0 saturated heterocycles. The average Bonchev–Trinajstić information content (AvgIpc) is 3.24. The number of likely N-dealkylation sites (N-methyl/N-ethyl adjacent to an activating group) is 2. The Morgan fingerprint density at radius 3 is 3.00 bits per heavy atom. The van der Waals surface area contributed by atoms with Crippen LogP contribution >= 0.6 is 0 Å². The van der Waals surface area contributed by atoms with Gasteiger partial charge in [0.15, 0.2) is 6.61 Å². The normalized spacial score (nSPS) is 20.2. The van der Waals surface area contributed by atoms with E-state index in [0.29, 0.717) is 18.4 Å². The molecular formula is C15H20N2O3. The van der Waals surface area contributed by atoms with Crippen molar-refractivity contribution < 1.29 is 14.3 Å². The van der Waals surface area contributed by atoms with Gasteiger partial charge in [-0.05, 0) is 32.0 Å². The third-order valence-electron chi connectivity index (χ3n) is 3.96. The van der Waals surface area contributed by atoms with E-state index in [9.17, 15) is 4.79 Å². The number of hydrogen-bond acceptors (Lipinski definition) is 4. The molecule has 5 nitrogen and oxygen atoms in total. The van der Waals surface area contributed by atoms with Gasteiger partial charge in [0.2, 0.25) is 0 Å². The van der Waals surface area contributed by atoms with Gasteiger partial charge in [0.25, 0.3) is 5.91 Å². The maximum absolute atomic E-state index is 11.9. The van der Waals surface area contributed by atoms with Gasteiger partial charge >= 0.3 is 0 Å². The standard InChI is InChI=1S/C15H20N2O3/c1-16-13-8-20-14-7-11(5-6-12(13)14)19-9-15(18)17(2)10-3-4-10/h5-7,10,13,16H,3-4,8-9H2,1-2H3. The van der Waals surface area contributed by atoms with E-state index in [0.717, 1.165) is 24.2 Å². The van der Waals surface area contributed by atoms with E-state index < -0.39 is 0 Å². The first-order valence-corrected chi connectivity index (χ1v) is 7.01. The summed E-state index contributed by atoms with van der Waals surface area (Å²) in [5.74, 6) is 1.55. The molecule has 0 bridgehead atoms. The topological polar surface area (TPSA) is 50.8 Å². The molecule has 108 valence electrons. The van der Waals surface area contributed by atoms with Gasteiger partial charge in [-0.2, -0.15) is 0 Å². The Bertz CT molecular complexity index is 514. The van der Waals surface area contributed by atoms with Crippen molar-refractivity contribution in [3.63, 3.8) is 0 Å². The molecule has 2 aliphatic rings. The highest BCUT2D eigenvalue weighted by molar-refractivity contribution is 5.78. The molecule has 1 unspecified atom stereocenters. The summed E-state index contributed by atoms with van der Waals surface area (Å²) in [6.07, 6.45) is 2.22. The Hall–Kier alpha value is -1.75. The number of amides is 1. The second kappa shape index (κ2) is 5.32. The number of benzene rings is 1. The Morgan fingerprint density at radius 1 is 1.50 bits per heavy atom. The highest BCUT2D eigenvalue weighted by Gasteiger charge is 2.29. The van der Waals surface area contributed by atoms with Crippen LogP contribution in [0, 0.1) is 0 Å². The number of fused-ring (bicyclic) bond motifs is 1. The van der Waals surface area contributed by atoms with Crippen LogP contribution < -0.4 is 14.8 Å². The Kier molecular flexibility index (Phi) is 3.53. The zero-order chi connectivity index (χ0) is 14.1. The van der Waals surface area contributed by atoms with Gasteiger partial charge < -0.3 is 19.7 Å². The summed E-state index contributed by atoms with van der Waals surface area (Å²) in [6.45, 7) is 0.722. The first-order chi connectivity index (χ1) is 9.69. The summed E-state index contributed by atoms with van der Waals surface area (Å²) >= 11 is 0. The highest BCUT2D eigenvalue weighted by atomic mass is 16.5. The fourth-order valence-electron chi connectivity index (χ4n) is 2.43. The maximum Gasteiger partial charge on any atom is 0.260 e. The lowest BCUT2D eigenvalue weighted by Gasteiger charge is -2.16. The van der Waals surface area contributed by atoms with Crippen LogP contribution in [0.2, 0.25) is 0 Å². The lowest BCUT2D eigenvalue weighted by Crippen LogP contribution is -2.33. The summed E-state index contributed by atoms with van der Waals surface area (Å²) in [7, 11) is 3.76. The largest absolute Gasteiger partial charge is 0.491 e.